The Labute approximate surface area is 131 Å². The third kappa shape index (κ3) is 4.87. The zero-order valence-corrected chi connectivity index (χ0v) is 13.4. The lowest BCUT2D eigenvalue weighted by atomic mass is 10.1. The Kier molecular flexibility index (Phi) is 6.00. The van der Waals surface area contributed by atoms with Gasteiger partial charge in [-0.3, -0.25) is 0 Å². The van der Waals surface area contributed by atoms with Crippen molar-refractivity contribution in [1.29, 1.82) is 0 Å². The van der Waals surface area contributed by atoms with Crippen molar-refractivity contribution < 1.29 is 9.90 Å². The maximum atomic E-state index is 11.9. The van der Waals surface area contributed by atoms with Crippen LogP contribution in [0.25, 0.3) is 0 Å². The highest BCUT2D eigenvalue weighted by Gasteiger charge is 2.21. The molecule has 22 heavy (non-hydrogen) atoms. The van der Waals surface area contributed by atoms with Crippen LogP contribution in [0.2, 0.25) is 0 Å². The largest absolute Gasteiger partial charge is 0.396 e. The average molecular weight is 306 g/mol. The number of hydrogen-bond acceptors (Lipinski definition) is 4. The number of hydrogen-bond donors (Lipinski definition) is 3. The first-order chi connectivity index (χ1) is 10.6. The van der Waals surface area contributed by atoms with Crippen LogP contribution in [-0.4, -0.2) is 47.9 Å². The highest BCUT2D eigenvalue weighted by Crippen LogP contribution is 2.18. The van der Waals surface area contributed by atoms with Crippen LogP contribution >= 0.6 is 0 Å². The zero-order valence-electron chi connectivity index (χ0n) is 13.4. The van der Waals surface area contributed by atoms with E-state index in [4.69, 9.17) is 5.11 Å². The second-order valence-electron chi connectivity index (χ2n) is 5.93. The quantitative estimate of drug-likeness (QED) is 0.769. The fraction of sp³-hybridized carbons (Fsp3) is 0.625. The average Bonchev–Trinajstić information content (AvgIpc) is 2.48. The summed E-state index contributed by atoms with van der Waals surface area (Å²) < 4.78 is 0. The Balaban J connectivity index is 1.76. The van der Waals surface area contributed by atoms with Crippen molar-refractivity contribution in [3.05, 3.63) is 23.9 Å². The number of aromatic nitrogens is 1. The van der Waals surface area contributed by atoms with E-state index in [0.29, 0.717) is 6.42 Å². The maximum absolute atomic E-state index is 11.9. The van der Waals surface area contributed by atoms with Gasteiger partial charge in [0.2, 0.25) is 0 Å². The van der Waals surface area contributed by atoms with E-state index in [1.165, 1.54) is 0 Å². The SMILES string of the molecule is Cc1cccc(N2CCC(NC(=O)N[C@H](C)CCO)CC2)n1. The van der Waals surface area contributed by atoms with Crippen molar-refractivity contribution in [3.8, 4) is 0 Å². The van der Waals surface area contributed by atoms with Gasteiger partial charge in [-0.25, -0.2) is 9.78 Å². The molecule has 1 atom stereocenters. The number of urea groups is 1. The van der Waals surface area contributed by atoms with E-state index in [2.05, 4.69) is 20.5 Å². The van der Waals surface area contributed by atoms with Crippen molar-refractivity contribution in [1.82, 2.24) is 15.6 Å². The normalized spacial score (nSPS) is 17.1. The first-order valence-electron chi connectivity index (χ1n) is 7.95. The van der Waals surface area contributed by atoms with Gasteiger partial charge in [0.05, 0.1) is 0 Å². The molecular formula is C16H26N4O2. The lowest BCUT2D eigenvalue weighted by Gasteiger charge is -2.33. The van der Waals surface area contributed by atoms with Crippen LogP contribution in [-0.2, 0) is 0 Å². The standard InChI is InChI=1S/C16H26N4O2/c1-12-4-3-5-15(17-12)20-9-6-14(7-10-20)19-16(22)18-13(2)8-11-21/h3-5,13-14,21H,6-11H2,1-2H3,(H2,18,19,22)/t13-/m1/s1. The van der Waals surface area contributed by atoms with Gasteiger partial charge in [0.15, 0.2) is 0 Å². The molecule has 3 N–H and O–H groups in total. The molecule has 0 bridgehead atoms. The molecule has 1 aromatic rings. The number of aliphatic hydroxyl groups excluding tert-OH is 1. The summed E-state index contributed by atoms with van der Waals surface area (Å²) in [4.78, 5) is 18.7. The Morgan fingerprint density at radius 2 is 2.18 bits per heavy atom. The number of aliphatic hydroxyl groups is 1. The number of nitrogens with zero attached hydrogens (tertiary/aromatic N) is 2. The third-order valence-corrected chi connectivity index (χ3v) is 3.97. The van der Waals surface area contributed by atoms with E-state index in [9.17, 15) is 4.79 Å². The molecule has 0 aliphatic carbocycles. The molecule has 0 saturated carbocycles. The molecule has 2 rings (SSSR count). The minimum Gasteiger partial charge on any atom is -0.396 e. The van der Waals surface area contributed by atoms with E-state index in [-0.39, 0.29) is 24.7 Å². The summed E-state index contributed by atoms with van der Waals surface area (Å²) in [5.74, 6) is 1.01. The van der Waals surface area contributed by atoms with Gasteiger partial charge >= 0.3 is 6.03 Å². The number of piperidine rings is 1. The van der Waals surface area contributed by atoms with Crippen molar-refractivity contribution in [3.63, 3.8) is 0 Å². The topological polar surface area (TPSA) is 77.5 Å². The van der Waals surface area contributed by atoms with Gasteiger partial charge in [-0.2, -0.15) is 0 Å². The lowest BCUT2D eigenvalue weighted by Crippen LogP contribution is -2.49. The monoisotopic (exact) mass is 306 g/mol. The molecule has 0 spiro atoms. The Morgan fingerprint density at radius 1 is 1.45 bits per heavy atom. The van der Waals surface area contributed by atoms with Crippen LogP contribution in [0.4, 0.5) is 10.6 Å². The number of pyridine rings is 1. The van der Waals surface area contributed by atoms with E-state index < -0.39 is 0 Å². The van der Waals surface area contributed by atoms with E-state index in [0.717, 1.165) is 37.4 Å². The summed E-state index contributed by atoms with van der Waals surface area (Å²) in [6, 6.07) is 6.09. The van der Waals surface area contributed by atoms with Crippen LogP contribution in [0.1, 0.15) is 31.9 Å². The molecular weight excluding hydrogens is 280 g/mol. The van der Waals surface area contributed by atoms with Crippen LogP contribution < -0.4 is 15.5 Å². The number of rotatable bonds is 5. The Morgan fingerprint density at radius 3 is 2.82 bits per heavy atom. The fourth-order valence-electron chi connectivity index (χ4n) is 2.67. The number of amides is 2. The molecule has 1 aliphatic rings. The van der Waals surface area contributed by atoms with Crippen molar-refractivity contribution >= 4 is 11.8 Å². The van der Waals surface area contributed by atoms with Crippen molar-refractivity contribution in [2.24, 2.45) is 0 Å². The molecule has 0 radical (unpaired) electrons. The fourth-order valence-corrected chi connectivity index (χ4v) is 2.67. The summed E-state index contributed by atoms with van der Waals surface area (Å²) in [6.07, 6.45) is 2.40. The van der Waals surface area contributed by atoms with Gasteiger partial charge in [0.1, 0.15) is 5.82 Å². The maximum Gasteiger partial charge on any atom is 0.315 e. The first kappa shape index (κ1) is 16.5. The predicted molar refractivity (Wildman–Crippen MR) is 87.0 cm³/mol. The second kappa shape index (κ2) is 7.98. The molecule has 1 saturated heterocycles. The predicted octanol–water partition coefficient (Wildman–Crippen LogP) is 1.43. The molecule has 1 aliphatic heterocycles. The van der Waals surface area contributed by atoms with Crippen LogP contribution in [0.15, 0.2) is 18.2 Å². The van der Waals surface area contributed by atoms with E-state index in [1.54, 1.807) is 0 Å². The molecule has 122 valence electrons. The van der Waals surface area contributed by atoms with Crippen molar-refractivity contribution in [2.45, 2.75) is 45.2 Å². The van der Waals surface area contributed by atoms with Gasteiger partial charge in [-0.15, -0.1) is 0 Å². The third-order valence-electron chi connectivity index (χ3n) is 3.97. The highest BCUT2D eigenvalue weighted by atomic mass is 16.3. The summed E-state index contributed by atoms with van der Waals surface area (Å²) in [5, 5.41) is 14.7. The number of carbonyl (C=O) groups is 1. The summed E-state index contributed by atoms with van der Waals surface area (Å²) in [7, 11) is 0. The molecule has 2 heterocycles. The first-order valence-corrected chi connectivity index (χ1v) is 7.95. The lowest BCUT2D eigenvalue weighted by molar-refractivity contribution is 0.225. The van der Waals surface area contributed by atoms with Gasteiger partial charge in [0.25, 0.3) is 0 Å². The number of carbonyl (C=O) groups excluding carboxylic acids is 1. The van der Waals surface area contributed by atoms with Gasteiger partial charge in [-0.1, -0.05) is 6.07 Å². The molecule has 0 aromatic carbocycles. The Bertz CT molecular complexity index is 487. The van der Waals surface area contributed by atoms with E-state index in [1.807, 2.05) is 32.0 Å². The van der Waals surface area contributed by atoms with Crippen LogP contribution in [0.5, 0.6) is 0 Å². The molecule has 2 amide bonds. The molecule has 1 aromatic heterocycles. The van der Waals surface area contributed by atoms with Crippen molar-refractivity contribution in [2.75, 3.05) is 24.6 Å². The Hall–Kier alpha value is -1.82. The van der Waals surface area contributed by atoms with Crippen LogP contribution in [0.3, 0.4) is 0 Å². The highest BCUT2D eigenvalue weighted by molar-refractivity contribution is 5.74. The van der Waals surface area contributed by atoms with E-state index >= 15 is 0 Å². The number of anilines is 1. The second-order valence-corrected chi connectivity index (χ2v) is 5.93. The van der Waals surface area contributed by atoms with Crippen LogP contribution in [0, 0.1) is 6.92 Å². The van der Waals surface area contributed by atoms with Gasteiger partial charge in [0, 0.05) is 37.5 Å². The van der Waals surface area contributed by atoms with Gasteiger partial charge in [-0.05, 0) is 45.2 Å². The minimum absolute atomic E-state index is 0.0124. The molecule has 6 heteroatoms. The molecule has 6 nitrogen and oxygen atoms in total. The molecule has 0 unspecified atom stereocenters. The summed E-state index contributed by atoms with van der Waals surface area (Å²) >= 11 is 0. The summed E-state index contributed by atoms with van der Waals surface area (Å²) in [5.41, 5.74) is 1.02. The molecule has 1 fully saturated rings. The number of aryl methyl sites for hydroxylation is 1. The number of nitrogens with one attached hydrogen (secondary N) is 2. The minimum atomic E-state index is -0.145. The smallest absolute Gasteiger partial charge is 0.315 e. The van der Waals surface area contributed by atoms with Gasteiger partial charge < -0.3 is 20.6 Å². The zero-order chi connectivity index (χ0) is 15.9. The summed E-state index contributed by atoms with van der Waals surface area (Å²) in [6.45, 7) is 5.77.